The van der Waals surface area contributed by atoms with Gasteiger partial charge in [-0.25, -0.2) is 0 Å². The van der Waals surface area contributed by atoms with Crippen LogP contribution in [-0.2, 0) is 19.5 Å². The lowest BCUT2D eigenvalue weighted by molar-refractivity contribution is 0.730. The van der Waals surface area contributed by atoms with Crippen molar-refractivity contribution in [1.82, 2.24) is 5.32 Å². The van der Waals surface area contributed by atoms with Crippen LogP contribution in [0.15, 0.2) is 42.5 Å². The Kier molecular flexibility index (Phi) is 3.89. The van der Waals surface area contributed by atoms with E-state index in [2.05, 4.69) is 52.7 Å². The van der Waals surface area contributed by atoms with E-state index in [4.69, 9.17) is 0 Å². The zero-order chi connectivity index (χ0) is 14.7. The molecule has 0 spiro atoms. The first-order valence-corrected chi connectivity index (χ1v) is 7.31. The average Bonchev–Trinajstić information content (AvgIpc) is 2.54. The molecular formula is C18H19N3. The van der Waals surface area contributed by atoms with Crippen molar-refractivity contribution in [2.45, 2.75) is 19.5 Å². The molecule has 0 aromatic heterocycles. The number of rotatable bonds is 3. The minimum Gasteiger partial charge on any atom is -0.366 e. The van der Waals surface area contributed by atoms with Crippen molar-refractivity contribution in [2.75, 3.05) is 18.5 Å². The Hall–Kier alpha value is -2.31. The maximum absolute atomic E-state index is 9.44. The highest BCUT2D eigenvalue weighted by Gasteiger charge is 2.18. The Morgan fingerprint density at radius 2 is 2.00 bits per heavy atom. The van der Waals surface area contributed by atoms with Crippen molar-refractivity contribution >= 4 is 5.69 Å². The van der Waals surface area contributed by atoms with Gasteiger partial charge in [0.25, 0.3) is 0 Å². The normalized spacial score (nSPS) is 13.6. The van der Waals surface area contributed by atoms with E-state index >= 15 is 0 Å². The molecule has 1 N–H and O–H groups in total. The quantitative estimate of drug-likeness (QED) is 0.937. The second-order valence-electron chi connectivity index (χ2n) is 5.43. The molecule has 0 atom stereocenters. The van der Waals surface area contributed by atoms with E-state index < -0.39 is 0 Å². The molecule has 1 aliphatic heterocycles. The number of hydrogen-bond acceptors (Lipinski definition) is 3. The van der Waals surface area contributed by atoms with Crippen molar-refractivity contribution in [3.63, 3.8) is 0 Å². The van der Waals surface area contributed by atoms with Crippen LogP contribution in [0.3, 0.4) is 0 Å². The molecule has 0 saturated heterocycles. The number of fused-ring (bicyclic) bond motifs is 1. The lowest BCUT2D eigenvalue weighted by atomic mass is 9.98. The largest absolute Gasteiger partial charge is 0.366 e. The van der Waals surface area contributed by atoms with Crippen LogP contribution in [0.2, 0.25) is 0 Å². The molecule has 0 radical (unpaired) electrons. The second kappa shape index (κ2) is 5.99. The van der Waals surface area contributed by atoms with E-state index in [9.17, 15) is 5.26 Å². The van der Waals surface area contributed by atoms with Crippen LogP contribution in [0.1, 0.15) is 22.3 Å². The maximum Gasteiger partial charge on any atom is 0.101 e. The van der Waals surface area contributed by atoms with Gasteiger partial charge in [-0.15, -0.1) is 0 Å². The van der Waals surface area contributed by atoms with E-state index in [0.717, 1.165) is 42.9 Å². The van der Waals surface area contributed by atoms with Gasteiger partial charge in [-0.2, -0.15) is 5.26 Å². The Morgan fingerprint density at radius 1 is 1.19 bits per heavy atom. The minimum absolute atomic E-state index is 0.766. The predicted molar refractivity (Wildman–Crippen MR) is 85.1 cm³/mol. The molecule has 3 rings (SSSR count). The van der Waals surface area contributed by atoms with Crippen molar-refractivity contribution < 1.29 is 0 Å². The van der Waals surface area contributed by atoms with Crippen molar-refractivity contribution in [3.05, 3.63) is 64.7 Å². The van der Waals surface area contributed by atoms with Crippen molar-refractivity contribution in [1.29, 1.82) is 5.26 Å². The Morgan fingerprint density at radius 3 is 2.76 bits per heavy atom. The summed E-state index contributed by atoms with van der Waals surface area (Å²) in [4.78, 5) is 2.31. The van der Waals surface area contributed by atoms with Gasteiger partial charge < -0.3 is 10.2 Å². The van der Waals surface area contributed by atoms with Crippen molar-refractivity contribution in [3.8, 4) is 6.07 Å². The van der Waals surface area contributed by atoms with Gasteiger partial charge in [0, 0.05) is 19.6 Å². The Labute approximate surface area is 125 Å². The van der Waals surface area contributed by atoms with Gasteiger partial charge in [-0.3, -0.25) is 0 Å². The first-order valence-electron chi connectivity index (χ1n) is 7.31. The summed E-state index contributed by atoms with van der Waals surface area (Å²) in [6, 6.07) is 17.1. The van der Waals surface area contributed by atoms with Gasteiger partial charge in [0.1, 0.15) is 6.07 Å². The molecule has 2 aromatic carbocycles. The highest BCUT2D eigenvalue weighted by molar-refractivity contribution is 5.61. The second-order valence-corrected chi connectivity index (χ2v) is 5.43. The fraction of sp³-hybridized carbons (Fsp3) is 0.278. The minimum atomic E-state index is 0.766. The molecular weight excluding hydrogens is 258 g/mol. The molecule has 0 amide bonds. The predicted octanol–water partition coefficient (Wildman–Crippen LogP) is 2.84. The summed E-state index contributed by atoms with van der Waals surface area (Å²) in [5.41, 5.74) is 5.76. The van der Waals surface area contributed by atoms with E-state index in [1.54, 1.807) is 0 Å². The summed E-state index contributed by atoms with van der Waals surface area (Å²) in [6.45, 7) is 2.64. The Balaban J connectivity index is 1.90. The maximum atomic E-state index is 9.44. The highest BCUT2D eigenvalue weighted by atomic mass is 15.1. The molecule has 106 valence electrons. The van der Waals surface area contributed by atoms with Crippen LogP contribution in [0.5, 0.6) is 0 Å². The van der Waals surface area contributed by atoms with Gasteiger partial charge in [-0.05, 0) is 42.3 Å². The zero-order valence-corrected chi connectivity index (χ0v) is 12.3. The summed E-state index contributed by atoms with van der Waals surface area (Å²) < 4.78 is 0. The van der Waals surface area contributed by atoms with Crippen LogP contribution in [0.4, 0.5) is 5.69 Å². The Bertz CT molecular complexity index is 685. The van der Waals surface area contributed by atoms with Crippen LogP contribution in [0, 0.1) is 11.3 Å². The third-order valence-electron chi connectivity index (χ3n) is 4.03. The summed E-state index contributed by atoms with van der Waals surface area (Å²) in [5.74, 6) is 0. The monoisotopic (exact) mass is 277 g/mol. The van der Waals surface area contributed by atoms with Crippen LogP contribution < -0.4 is 10.2 Å². The van der Waals surface area contributed by atoms with E-state index in [1.807, 2.05) is 13.1 Å². The molecule has 2 aromatic rings. The summed E-state index contributed by atoms with van der Waals surface area (Å²) in [5, 5.41) is 12.6. The molecule has 3 nitrogen and oxygen atoms in total. The molecule has 0 aliphatic carbocycles. The molecule has 0 unspecified atom stereocenters. The topological polar surface area (TPSA) is 39.1 Å². The van der Waals surface area contributed by atoms with E-state index in [0.29, 0.717) is 0 Å². The van der Waals surface area contributed by atoms with Gasteiger partial charge in [0.2, 0.25) is 0 Å². The highest BCUT2D eigenvalue weighted by Crippen LogP contribution is 2.27. The fourth-order valence-electron chi connectivity index (χ4n) is 2.96. The van der Waals surface area contributed by atoms with Gasteiger partial charge in [0.05, 0.1) is 11.3 Å². The molecule has 0 saturated carbocycles. The third-order valence-corrected chi connectivity index (χ3v) is 4.03. The molecule has 0 bridgehead atoms. The number of anilines is 1. The summed E-state index contributed by atoms with van der Waals surface area (Å²) in [7, 11) is 1.92. The molecule has 0 fully saturated rings. The number of nitrogens with one attached hydrogen (secondary N) is 1. The summed E-state index contributed by atoms with van der Waals surface area (Å²) >= 11 is 0. The van der Waals surface area contributed by atoms with Gasteiger partial charge in [0.15, 0.2) is 0 Å². The van der Waals surface area contributed by atoms with Gasteiger partial charge in [-0.1, -0.05) is 30.3 Å². The molecule has 1 heterocycles. The SMILES string of the molecule is CNCc1ccc(N2CCc3ccccc3C2)c(C#N)c1. The first-order chi connectivity index (χ1) is 10.3. The van der Waals surface area contributed by atoms with E-state index in [1.165, 1.54) is 11.1 Å². The van der Waals surface area contributed by atoms with Crippen LogP contribution in [-0.4, -0.2) is 13.6 Å². The van der Waals surface area contributed by atoms with Crippen LogP contribution >= 0.6 is 0 Å². The molecule has 21 heavy (non-hydrogen) atoms. The zero-order valence-electron chi connectivity index (χ0n) is 12.3. The smallest absolute Gasteiger partial charge is 0.101 e. The van der Waals surface area contributed by atoms with Gasteiger partial charge >= 0.3 is 0 Å². The van der Waals surface area contributed by atoms with E-state index in [-0.39, 0.29) is 0 Å². The summed E-state index contributed by atoms with van der Waals surface area (Å²) in [6.07, 6.45) is 1.04. The number of benzene rings is 2. The first kappa shape index (κ1) is 13.7. The lowest BCUT2D eigenvalue weighted by Gasteiger charge is -2.31. The average molecular weight is 277 g/mol. The number of hydrogen-bond donors (Lipinski definition) is 1. The molecule has 1 aliphatic rings. The van der Waals surface area contributed by atoms with Crippen molar-refractivity contribution in [2.24, 2.45) is 0 Å². The molecule has 3 heteroatoms. The van der Waals surface area contributed by atoms with Crippen LogP contribution in [0.25, 0.3) is 0 Å². The standard InChI is InChI=1S/C18H19N3/c1-20-12-14-6-7-18(17(10-14)11-19)21-9-8-15-4-2-3-5-16(15)13-21/h2-7,10,20H,8-9,12-13H2,1H3. The fourth-order valence-corrected chi connectivity index (χ4v) is 2.96. The third kappa shape index (κ3) is 2.76. The lowest BCUT2D eigenvalue weighted by Crippen LogP contribution is -2.30. The number of nitriles is 1. The number of nitrogens with zero attached hydrogens (tertiary/aromatic N) is 2.